The first-order valence-corrected chi connectivity index (χ1v) is 13.5. The number of Topliss-reactive ketones (excluding diaryl/α,β-unsaturated/α-hetero) is 1. The molecule has 0 unspecified atom stereocenters. The molecule has 214 valence electrons. The number of nitrogens with two attached hydrogens (primary N) is 2. The highest BCUT2D eigenvalue weighted by Crippen LogP contribution is 2.38. The van der Waals surface area contributed by atoms with Crippen LogP contribution in [0.3, 0.4) is 0 Å². The van der Waals surface area contributed by atoms with Crippen molar-refractivity contribution in [3.63, 3.8) is 0 Å². The van der Waals surface area contributed by atoms with Gasteiger partial charge in [-0.1, -0.05) is 86.7 Å². The summed E-state index contributed by atoms with van der Waals surface area (Å²) in [6, 6.07) is 13.5. The zero-order valence-corrected chi connectivity index (χ0v) is 22.9. The second-order valence-electron chi connectivity index (χ2n) is 9.36. The molecule has 0 aliphatic carbocycles. The van der Waals surface area contributed by atoms with Crippen LogP contribution < -0.4 is 16.8 Å². The Morgan fingerprint density at radius 3 is 2.23 bits per heavy atom. The number of carboxylic acid groups (broad SMARTS) is 1. The molecule has 6 nitrogen and oxygen atoms in total. The van der Waals surface area contributed by atoms with Crippen LogP contribution in [0.4, 0.5) is 13.2 Å². The van der Waals surface area contributed by atoms with Gasteiger partial charge in [0.05, 0.1) is 11.1 Å². The van der Waals surface area contributed by atoms with E-state index in [4.69, 9.17) is 33.0 Å². The van der Waals surface area contributed by atoms with Gasteiger partial charge in [-0.05, 0) is 48.7 Å². The van der Waals surface area contributed by atoms with Crippen molar-refractivity contribution in [3.05, 3.63) is 58.6 Å². The molecule has 39 heavy (non-hydrogen) atoms. The minimum atomic E-state index is -5.08. The molecule has 0 spiro atoms. The van der Waals surface area contributed by atoms with Crippen LogP contribution in [-0.4, -0.2) is 42.2 Å². The molecule has 0 aliphatic heterocycles. The summed E-state index contributed by atoms with van der Waals surface area (Å²) >= 11 is 6.92. The number of halogens is 4. The van der Waals surface area contributed by atoms with Gasteiger partial charge in [0.1, 0.15) is 0 Å². The summed E-state index contributed by atoms with van der Waals surface area (Å²) in [5, 5.41) is 15.3. The van der Waals surface area contributed by atoms with Crippen molar-refractivity contribution in [1.29, 1.82) is 0 Å². The van der Waals surface area contributed by atoms with E-state index >= 15 is 0 Å². The Morgan fingerprint density at radius 1 is 0.974 bits per heavy atom. The van der Waals surface area contributed by atoms with Crippen molar-refractivity contribution in [3.8, 4) is 0 Å². The maximum atomic E-state index is 13.3. The number of carbonyl (C=O) groups excluding carboxylic acids is 1. The fraction of sp³-hybridized carbons (Fsp3) is 0.448. The Hall–Kier alpha value is -2.72. The Balaban J connectivity index is 0.000000673. The summed E-state index contributed by atoms with van der Waals surface area (Å²) in [5.41, 5.74) is 13.7. The number of fused-ring (bicyclic) bond motifs is 2. The summed E-state index contributed by atoms with van der Waals surface area (Å²) in [4.78, 5) is 22.2. The largest absolute Gasteiger partial charge is 0.490 e. The van der Waals surface area contributed by atoms with Crippen LogP contribution in [0.1, 0.15) is 67.8 Å². The van der Waals surface area contributed by atoms with E-state index in [9.17, 15) is 18.0 Å². The number of hydrogen-bond donors (Lipinski definition) is 4. The minimum absolute atomic E-state index is 0.0525. The summed E-state index contributed by atoms with van der Waals surface area (Å²) in [6.07, 6.45) is 2.17. The molecule has 0 aromatic heterocycles. The van der Waals surface area contributed by atoms with Crippen molar-refractivity contribution in [1.82, 2.24) is 5.32 Å². The third kappa shape index (κ3) is 9.17. The number of unbranched alkanes of at least 4 members (excludes halogenated alkanes) is 4. The summed E-state index contributed by atoms with van der Waals surface area (Å²) in [5.74, 6) is -2.81. The lowest BCUT2D eigenvalue weighted by Gasteiger charge is -2.18. The summed E-state index contributed by atoms with van der Waals surface area (Å²) in [6.45, 7) is 4.55. The Labute approximate surface area is 231 Å². The lowest BCUT2D eigenvalue weighted by Crippen LogP contribution is -2.30. The lowest BCUT2D eigenvalue weighted by molar-refractivity contribution is -0.192. The Bertz CT molecular complexity index is 1250. The minimum Gasteiger partial charge on any atom is -0.475 e. The van der Waals surface area contributed by atoms with Crippen molar-refractivity contribution < 1.29 is 27.9 Å². The van der Waals surface area contributed by atoms with Gasteiger partial charge >= 0.3 is 12.1 Å². The van der Waals surface area contributed by atoms with E-state index in [1.807, 2.05) is 30.3 Å². The normalized spacial score (nSPS) is 12.3. The molecule has 3 aromatic rings. The van der Waals surface area contributed by atoms with Crippen LogP contribution in [0.2, 0.25) is 5.02 Å². The predicted octanol–water partition coefficient (Wildman–Crippen LogP) is 6.59. The molecule has 0 saturated carbocycles. The first-order chi connectivity index (χ1) is 18.5. The molecular weight excluding hydrogens is 531 g/mol. The van der Waals surface area contributed by atoms with E-state index in [1.165, 1.54) is 31.2 Å². The van der Waals surface area contributed by atoms with E-state index in [1.54, 1.807) is 0 Å². The van der Waals surface area contributed by atoms with E-state index in [2.05, 4.69) is 24.4 Å². The molecular formula is C29H37ClF3N3O3. The van der Waals surface area contributed by atoms with Gasteiger partial charge in [0.15, 0.2) is 5.78 Å². The monoisotopic (exact) mass is 567 g/mol. The van der Waals surface area contributed by atoms with E-state index in [-0.39, 0.29) is 5.78 Å². The Kier molecular flexibility index (Phi) is 13.1. The molecule has 0 fully saturated rings. The SMILES string of the molecule is CCCCCCNCc1c2ccccc2c(Cl)c2c(C(=O)[C@@H](N)CCCCN)cccc12.O=C(O)C(F)(F)F. The summed E-state index contributed by atoms with van der Waals surface area (Å²) in [7, 11) is 0. The smallest absolute Gasteiger partial charge is 0.475 e. The van der Waals surface area contributed by atoms with Gasteiger partial charge in [-0.15, -0.1) is 0 Å². The molecule has 6 N–H and O–H groups in total. The van der Waals surface area contributed by atoms with Gasteiger partial charge in [-0.3, -0.25) is 4.79 Å². The van der Waals surface area contributed by atoms with Crippen LogP contribution in [0.15, 0.2) is 42.5 Å². The number of rotatable bonds is 13. The van der Waals surface area contributed by atoms with Crippen molar-refractivity contribution in [2.24, 2.45) is 11.5 Å². The molecule has 3 rings (SSSR count). The molecule has 10 heteroatoms. The van der Waals surface area contributed by atoms with Crippen LogP contribution in [0, 0.1) is 0 Å². The van der Waals surface area contributed by atoms with Crippen LogP contribution >= 0.6 is 11.6 Å². The van der Waals surface area contributed by atoms with Gasteiger partial charge in [0.25, 0.3) is 0 Å². The van der Waals surface area contributed by atoms with E-state index < -0.39 is 18.2 Å². The number of aliphatic carboxylic acids is 1. The van der Waals surface area contributed by atoms with Crippen molar-refractivity contribution in [2.75, 3.05) is 13.1 Å². The maximum Gasteiger partial charge on any atom is 0.490 e. The van der Waals surface area contributed by atoms with Crippen LogP contribution in [-0.2, 0) is 11.3 Å². The molecule has 0 aliphatic rings. The van der Waals surface area contributed by atoms with E-state index in [0.29, 0.717) is 23.6 Å². The predicted molar refractivity (Wildman–Crippen MR) is 151 cm³/mol. The van der Waals surface area contributed by atoms with Gasteiger partial charge in [0.2, 0.25) is 0 Å². The number of nitrogens with one attached hydrogen (secondary N) is 1. The quantitative estimate of drug-likeness (QED) is 0.105. The third-order valence-electron chi connectivity index (χ3n) is 6.42. The highest BCUT2D eigenvalue weighted by molar-refractivity contribution is 6.42. The molecule has 0 amide bonds. The number of alkyl halides is 3. The number of carbonyl (C=O) groups is 2. The lowest BCUT2D eigenvalue weighted by atomic mass is 9.90. The van der Waals surface area contributed by atoms with Crippen LogP contribution in [0.5, 0.6) is 0 Å². The zero-order chi connectivity index (χ0) is 29.0. The molecule has 3 aromatic carbocycles. The van der Waals surface area contributed by atoms with Gasteiger partial charge in [-0.2, -0.15) is 13.2 Å². The maximum absolute atomic E-state index is 13.3. The molecule has 0 heterocycles. The number of carboxylic acids is 1. The first-order valence-electron chi connectivity index (χ1n) is 13.2. The fourth-order valence-corrected chi connectivity index (χ4v) is 4.75. The highest BCUT2D eigenvalue weighted by atomic mass is 35.5. The number of hydrogen-bond acceptors (Lipinski definition) is 5. The van der Waals surface area contributed by atoms with Crippen molar-refractivity contribution >= 4 is 44.9 Å². The first kappa shape index (κ1) is 32.5. The standard InChI is InChI=1S/C27H36ClN3O.C2HF3O2/c1-2-3-4-9-17-31-18-23-19-11-5-6-12-21(19)26(28)25-20(23)13-10-14-22(25)27(32)24(30)15-7-8-16-29;3-2(4,5)1(6)7/h5-6,10-14,24,31H,2-4,7-9,15-18,29-30H2,1H3;(H,6,7)/t24-;/m0./s1. The van der Waals surface area contributed by atoms with Crippen LogP contribution in [0.25, 0.3) is 21.5 Å². The van der Waals surface area contributed by atoms with E-state index in [0.717, 1.165) is 47.5 Å². The molecule has 0 saturated heterocycles. The second kappa shape index (κ2) is 15.8. The fourth-order valence-electron chi connectivity index (χ4n) is 4.38. The molecule has 0 radical (unpaired) electrons. The van der Waals surface area contributed by atoms with Gasteiger partial charge in [-0.25, -0.2) is 4.79 Å². The highest BCUT2D eigenvalue weighted by Gasteiger charge is 2.38. The van der Waals surface area contributed by atoms with Gasteiger partial charge < -0.3 is 21.9 Å². The second-order valence-corrected chi connectivity index (χ2v) is 9.74. The molecule has 1 atom stereocenters. The van der Waals surface area contributed by atoms with Crippen molar-refractivity contribution in [2.45, 2.75) is 70.6 Å². The Morgan fingerprint density at radius 2 is 1.62 bits per heavy atom. The number of benzene rings is 3. The summed E-state index contributed by atoms with van der Waals surface area (Å²) < 4.78 is 31.7. The molecule has 0 bridgehead atoms. The number of ketones is 1. The third-order valence-corrected chi connectivity index (χ3v) is 6.81. The average molecular weight is 568 g/mol. The zero-order valence-electron chi connectivity index (χ0n) is 22.1. The topological polar surface area (TPSA) is 118 Å². The van der Waals surface area contributed by atoms with Gasteiger partial charge in [0, 0.05) is 22.9 Å². The average Bonchev–Trinajstić information content (AvgIpc) is 2.91.